The molecule has 2 heterocycles. The van der Waals surface area contributed by atoms with Crippen molar-refractivity contribution in [3.05, 3.63) is 120 Å². The Kier molecular flexibility index (Phi) is 4.90. The average Bonchev–Trinajstić information content (AvgIpc) is 3.71. The van der Waals surface area contributed by atoms with Gasteiger partial charge in [0.25, 0.3) is 0 Å². The van der Waals surface area contributed by atoms with Crippen molar-refractivity contribution in [1.82, 2.24) is 9.97 Å². The van der Waals surface area contributed by atoms with Crippen molar-refractivity contribution in [3.8, 4) is 43.4 Å². The molecule has 6 aromatic carbocycles. The van der Waals surface area contributed by atoms with Gasteiger partial charge in [0.2, 0.25) is 0 Å². The Balaban J connectivity index is 1.27. The summed E-state index contributed by atoms with van der Waals surface area (Å²) in [5, 5.41) is 13.9. The zero-order valence-electron chi connectivity index (χ0n) is 20.3. The minimum atomic E-state index is 1.05. The molecule has 38 heavy (non-hydrogen) atoms. The van der Waals surface area contributed by atoms with Crippen molar-refractivity contribution in [2.75, 3.05) is 0 Å². The summed E-state index contributed by atoms with van der Waals surface area (Å²) in [7, 11) is 0. The van der Waals surface area contributed by atoms with Crippen LogP contribution in [0.1, 0.15) is 0 Å². The van der Waals surface area contributed by atoms with Crippen LogP contribution in [0.5, 0.6) is 0 Å². The zero-order valence-corrected chi connectivity index (χ0v) is 21.9. The molecule has 0 amide bonds. The van der Waals surface area contributed by atoms with Gasteiger partial charge in [0.15, 0.2) is 0 Å². The summed E-state index contributed by atoms with van der Waals surface area (Å²) in [6.07, 6.45) is 3.73. The number of thiazole rings is 2. The van der Waals surface area contributed by atoms with Gasteiger partial charge in [-0.3, -0.25) is 0 Å². The second kappa shape index (κ2) is 8.59. The Bertz CT molecular complexity index is 1860. The Morgan fingerprint density at radius 2 is 0.789 bits per heavy atom. The normalized spacial score (nSPS) is 11.7. The van der Waals surface area contributed by atoms with Crippen molar-refractivity contribution in [2.24, 2.45) is 0 Å². The van der Waals surface area contributed by atoms with Gasteiger partial charge in [-0.15, -0.1) is 22.7 Å². The molecule has 0 aliphatic heterocycles. The third-order valence-electron chi connectivity index (χ3n) is 7.28. The van der Waals surface area contributed by atoms with E-state index in [9.17, 15) is 0 Å². The van der Waals surface area contributed by atoms with Gasteiger partial charge < -0.3 is 0 Å². The summed E-state index contributed by atoms with van der Waals surface area (Å²) in [4.78, 5) is 9.00. The van der Waals surface area contributed by atoms with E-state index in [1.165, 1.54) is 54.6 Å². The number of nitrogens with zero attached hydrogens (tertiary/aromatic N) is 2. The summed E-state index contributed by atoms with van der Waals surface area (Å²) < 4.78 is 0. The number of benzene rings is 6. The fourth-order valence-corrected chi connectivity index (χ4v) is 6.84. The summed E-state index contributed by atoms with van der Waals surface area (Å²) in [6, 6.07) is 35.8. The fourth-order valence-electron chi connectivity index (χ4n) is 5.57. The molecule has 8 rings (SSSR count). The van der Waals surface area contributed by atoms with Crippen LogP contribution in [0, 0.1) is 0 Å². The van der Waals surface area contributed by atoms with Gasteiger partial charge in [0, 0.05) is 34.3 Å². The molecule has 0 saturated carbocycles. The van der Waals surface area contributed by atoms with Gasteiger partial charge in [-0.1, -0.05) is 60.7 Å². The van der Waals surface area contributed by atoms with E-state index in [4.69, 9.17) is 0 Å². The molecule has 0 saturated heterocycles. The quantitative estimate of drug-likeness (QED) is 0.216. The van der Waals surface area contributed by atoms with Crippen LogP contribution in [-0.2, 0) is 0 Å². The highest BCUT2D eigenvalue weighted by molar-refractivity contribution is 7.13. The van der Waals surface area contributed by atoms with Crippen molar-refractivity contribution >= 4 is 55.0 Å². The Morgan fingerprint density at radius 3 is 1.16 bits per heavy atom. The van der Waals surface area contributed by atoms with Gasteiger partial charge >= 0.3 is 0 Å². The number of rotatable bonds is 4. The number of aromatic nitrogens is 2. The van der Waals surface area contributed by atoms with Crippen LogP contribution in [0.15, 0.2) is 120 Å². The molecule has 178 valence electrons. The van der Waals surface area contributed by atoms with Crippen LogP contribution in [0.3, 0.4) is 0 Å². The van der Waals surface area contributed by atoms with Crippen molar-refractivity contribution in [2.45, 2.75) is 0 Å². The third-order valence-corrected chi connectivity index (χ3v) is 8.93. The van der Waals surface area contributed by atoms with E-state index in [0.29, 0.717) is 0 Å². The lowest BCUT2D eigenvalue weighted by molar-refractivity contribution is 1.41. The minimum Gasteiger partial charge on any atom is -0.245 e. The minimum absolute atomic E-state index is 1.05. The predicted molar refractivity (Wildman–Crippen MR) is 163 cm³/mol. The van der Waals surface area contributed by atoms with E-state index < -0.39 is 0 Å². The summed E-state index contributed by atoms with van der Waals surface area (Å²) >= 11 is 3.35. The molecule has 0 aliphatic rings. The van der Waals surface area contributed by atoms with Gasteiger partial charge in [-0.05, 0) is 91.0 Å². The molecule has 4 heteroatoms. The monoisotopic (exact) mass is 520 g/mol. The molecule has 0 fully saturated rings. The predicted octanol–water partition coefficient (Wildman–Crippen LogP) is 10.2. The Morgan fingerprint density at radius 1 is 0.395 bits per heavy atom. The maximum atomic E-state index is 4.50. The largest absolute Gasteiger partial charge is 0.245 e. The van der Waals surface area contributed by atoms with Crippen LogP contribution in [0.4, 0.5) is 0 Å². The molecule has 0 bridgehead atoms. The fraction of sp³-hybridized carbons (Fsp3) is 0. The number of hydrogen-bond acceptors (Lipinski definition) is 4. The summed E-state index contributed by atoms with van der Waals surface area (Å²) in [5.41, 5.74) is 7.21. The van der Waals surface area contributed by atoms with Crippen LogP contribution in [0.2, 0.25) is 0 Å². The van der Waals surface area contributed by atoms with E-state index in [1.807, 2.05) is 23.2 Å². The highest BCUT2D eigenvalue weighted by Crippen LogP contribution is 2.40. The number of hydrogen-bond donors (Lipinski definition) is 0. The van der Waals surface area contributed by atoms with E-state index in [2.05, 4.69) is 107 Å². The van der Waals surface area contributed by atoms with E-state index in [1.54, 1.807) is 22.7 Å². The molecule has 0 spiro atoms. The summed E-state index contributed by atoms with van der Waals surface area (Å²) in [5.74, 6) is 0. The van der Waals surface area contributed by atoms with Crippen LogP contribution < -0.4 is 0 Å². The Labute approximate surface area is 227 Å². The highest BCUT2D eigenvalue weighted by Gasteiger charge is 2.13. The lowest BCUT2D eigenvalue weighted by atomic mass is 9.89. The molecule has 0 N–H and O–H groups in total. The van der Waals surface area contributed by atoms with E-state index in [-0.39, 0.29) is 0 Å². The van der Waals surface area contributed by atoms with Crippen LogP contribution in [0.25, 0.3) is 75.7 Å². The Hall–Kier alpha value is -4.38. The molecule has 0 aliphatic carbocycles. The second-order valence-electron chi connectivity index (χ2n) is 9.56. The molecule has 0 radical (unpaired) electrons. The molecular weight excluding hydrogens is 501 g/mol. The first kappa shape index (κ1) is 21.7. The van der Waals surface area contributed by atoms with E-state index in [0.717, 1.165) is 21.1 Å². The van der Waals surface area contributed by atoms with Crippen molar-refractivity contribution in [3.63, 3.8) is 0 Å². The van der Waals surface area contributed by atoms with Crippen LogP contribution in [-0.4, -0.2) is 9.97 Å². The highest BCUT2D eigenvalue weighted by atomic mass is 32.1. The first-order chi connectivity index (χ1) is 18.8. The molecule has 2 aromatic heterocycles. The second-order valence-corrected chi connectivity index (χ2v) is 11.4. The van der Waals surface area contributed by atoms with Crippen molar-refractivity contribution < 1.29 is 0 Å². The van der Waals surface area contributed by atoms with E-state index >= 15 is 0 Å². The standard InChI is InChI=1S/C34H20N2S2/c1-3-21(15-27(5-1)33-35-11-13-37-33)29-17-23-7-9-25-19-30(20-26-10-8-24(18-29)31(23)32(25)26)22-4-2-6-28(16-22)34-36-12-14-38-34/h1-20H. The van der Waals surface area contributed by atoms with Crippen molar-refractivity contribution in [1.29, 1.82) is 0 Å². The molecule has 2 nitrogen and oxygen atoms in total. The van der Waals surface area contributed by atoms with Gasteiger partial charge in [-0.25, -0.2) is 9.97 Å². The first-order valence-electron chi connectivity index (χ1n) is 12.5. The summed E-state index contributed by atoms with van der Waals surface area (Å²) in [6.45, 7) is 0. The molecule has 0 unspecified atom stereocenters. The lowest BCUT2D eigenvalue weighted by Crippen LogP contribution is -1.88. The molecule has 8 aromatic rings. The maximum absolute atomic E-state index is 4.50. The molecule has 0 atom stereocenters. The first-order valence-corrected chi connectivity index (χ1v) is 14.3. The molecular formula is C34H20N2S2. The van der Waals surface area contributed by atoms with Gasteiger partial charge in [-0.2, -0.15) is 0 Å². The van der Waals surface area contributed by atoms with Gasteiger partial charge in [0.1, 0.15) is 10.0 Å². The van der Waals surface area contributed by atoms with Crippen LogP contribution >= 0.6 is 22.7 Å². The SMILES string of the molecule is c1cc(-c2cc3ccc4cc(-c5cccc(-c6nccs6)c5)cc5ccc(c2)c3c45)cc(-c2nccs2)c1. The lowest BCUT2D eigenvalue weighted by Gasteiger charge is -2.15. The third kappa shape index (κ3) is 3.53. The average molecular weight is 521 g/mol. The maximum Gasteiger partial charge on any atom is 0.123 e. The zero-order chi connectivity index (χ0) is 25.1. The smallest absolute Gasteiger partial charge is 0.123 e. The topological polar surface area (TPSA) is 25.8 Å². The van der Waals surface area contributed by atoms with Gasteiger partial charge in [0.05, 0.1) is 0 Å².